The molecule has 5 aliphatic rings. The van der Waals surface area contributed by atoms with Crippen LogP contribution in [0.25, 0.3) is 0 Å². The Labute approximate surface area is 330 Å². The number of aromatic nitrogens is 1. The summed E-state index contributed by atoms with van der Waals surface area (Å²) in [5.74, 6) is 1.35. The zero-order valence-corrected chi connectivity index (χ0v) is 32.2. The molecule has 0 radical (unpaired) electrons. The number of alkyl halides is 3. The molecule has 0 unspecified atom stereocenters. The van der Waals surface area contributed by atoms with Crippen molar-refractivity contribution in [3.8, 4) is 17.4 Å². The summed E-state index contributed by atoms with van der Waals surface area (Å²) in [6.45, 7) is 5.65. The molecule has 0 amide bonds. The highest BCUT2D eigenvalue weighted by atomic mass is 19.4. The average Bonchev–Trinajstić information content (AvgIpc) is 3.46. The van der Waals surface area contributed by atoms with E-state index in [2.05, 4.69) is 22.9 Å². The molecule has 3 heterocycles. The Morgan fingerprint density at radius 2 is 1.77 bits per heavy atom. The van der Waals surface area contributed by atoms with Gasteiger partial charge in [-0.25, -0.2) is 9.37 Å². The quantitative estimate of drug-likeness (QED) is 0.179. The number of nitrogens with zero attached hydrogens (tertiary/aromatic N) is 3. The molecule has 8 rings (SSSR count). The van der Waals surface area contributed by atoms with E-state index in [-0.39, 0.29) is 30.3 Å². The summed E-state index contributed by atoms with van der Waals surface area (Å²) >= 11 is 0. The lowest BCUT2D eigenvalue weighted by molar-refractivity contribution is -0.187. The summed E-state index contributed by atoms with van der Waals surface area (Å²) in [6, 6.07) is 13.6. The van der Waals surface area contributed by atoms with E-state index >= 15 is 4.39 Å². The van der Waals surface area contributed by atoms with Gasteiger partial charge >= 0.3 is 6.18 Å². The van der Waals surface area contributed by atoms with Crippen molar-refractivity contribution in [1.29, 1.82) is 0 Å². The second-order valence-corrected chi connectivity index (χ2v) is 17.0. The summed E-state index contributed by atoms with van der Waals surface area (Å²) in [5, 5.41) is 43.5. The molecule has 310 valence electrons. The molecule has 2 aliphatic heterocycles. The van der Waals surface area contributed by atoms with Gasteiger partial charge in [-0.15, -0.1) is 0 Å². The van der Waals surface area contributed by atoms with Crippen LogP contribution >= 0.6 is 0 Å². The third kappa shape index (κ3) is 7.92. The maximum Gasteiger partial charge on any atom is 0.433 e. The normalized spacial score (nSPS) is 33.0. The number of rotatable bonds is 10. The van der Waals surface area contributed by atoms with Crippen molar-refractivity contribution in [3.63, 3.8) is 0 Å². The number of ether oxygens (including phenoxy) is 3. The van der Waals surface area contributed by atoms with E-state index in [1.807, 2.05) is 17.0 Å². The molecular formula is C43H53F4N3O7. The maximum atomic E-state index is 15.4. The number of benzene rings is 2. The van der Waals surface area contributed by atoms with Crippen LogP contribution in [0, 0.1) is 23.1 Å². The van der Waals surface area contributed by atoms with E-state index in [0.717, 1.165) is 83.1 Å². The van der Waals surface area contributed by atoms with Crippen molar-refractivity contribution >= 4 is 5.69 Å². The lowest BCUT2D eigenvalue weighted by Crippen LogP contribution is -2.56. The lowest BCUT2D eigenvalue weighted by atomic mass is 9.53. The highest BCUT2D eigenvalue weighted by Gasteiger charge is 2.61. The second kappa shape index (κ2) is 15.8. The number of aliphatic hydroxyl groups excluding tert-OH is 2. The predicted octanol–water partition coefficient (Wildman–Crippen LogP) is 6.08. The van der Waals surface area contributed by atoms with E-state index in [4.69, 9.17) is 14.2 Å². The molecule has 10 nitrogen and oxygen atoms in total. The number of piperazine rings is 1. The van der Waals surface area contributed by atoms with Crippen molar-refractivity contribution in [2.45, 2.75) is 100 Å². The molecule has 0 bridgehead atoms. The number of aryl methyl sites for hydroxylation is 1. The lowest BCUT2D eigenvalue weighted by Gasteiger charge is -2.53. The first kappa shape index (κ1) is 40.1. The summed E-state index contributed by atoms with van der Waals surface area (Å²) in [7, 11) is 0. The highest BCUT2D eigenvalue weighted by molar-refractivity contribution is 5.51. The summed E-state index contributed by atoms with van der Waals surface area (Å²) in [4.78, 5) is 7.83. The molecule has 4 fully saturated rings. The van der Waals surface area contributed by atoms with Crippen LogP contribution in [-0.2, 0) is 17.3 Å². The fourth-order valence-corrected chi connectivity index (χ4v) is 10.8. The molecule has 14 heteroatoms. The molecule has 2 saturated carbocycles. The van der Waals surface area contributed by atoms with Crippen LogP contribution in [-0.4, -0.2) is 106 Å². The first-order valence-electron chi connectivity index (χ1n) is 20.3. The van der Waals surface area contributed by atoms with Gasteiger partial charge in [-0.05, 0) is 123 Å². The van der Waals surface area contributed by atoms with Gasteiger partial charge in [-0.1, -0.05) is 19.1 Å². The number of halogens is 4. The van der Waals surface area contributed by atoms with E-state index in [9.17, 15) is 33.6 Å². The zero-order chi connectivity index (χ0) is 40.1. The van der Waals surface area contributed by atoms with Crippen LogP contribution in [0.4, 0.5) is 23.2 Å². The molecule has 3 aliphatic carbocycles. The number of fused-ring (bicyclic) bond motifs is 5. The Balaban J connectivity index is 0.778. The Bertz CT molecular complexity index is 1900. The van der Waals surface area contributed by atoms with Gasteiger partial charge in [0.05, 0.1) is 17.9 Å². The number of phenols is 1. The monoisotopic (exact) mass is 799 g/mol. The summed E-state index contributed by atoms with van der Waals surface area (Å²) < 4.78 is 71.2. The second-order valence-electron chi connectivity index (χ2n) is 17.0. The van der Waals surface area contributed by atoms with Crippen LogP contribution in [0.5, 0.6) is 17.4 Å². The molecule has 9 atom stereocenters. The Kier molecular flexibility index (Phi) is 11.1. The van der Waals surface area contributed by atoms with Gasteiger partial charge in [0, 0.05) is 38.3 Å². The van der Waals surface area contributed by atoms with Gasteiger partial charge in [0.25, 0.3) is 0 Å². The molecule has 2 aromatic carbocycles. The van der Waals surface area contributed by atoms with Gasteiger partial charge in [0.15, 0.2) is 6.10 Å². The molecular weight excluding hydrogens is 746 g/mol. The van der Waals surface area contributed by atoms with E-state index in [0.29, 0.717) is 42.3 Å². The fourth-order valence-electron chi connectivity index (χ4n) is 10.8. The number of aromatic hydroxyl groups is 1. The van der Waals surface area contributed by atoms with Crippen LogP contribution in [0.15, 0.2) is 54.6 Å². The smallest absolute Gasteiger partial charge is 0.433 e. The number of phenolic OH excluding ortho intramolecular Hbond substituents is 1. The molecule has 3 aromatic rings. The summed E-state index contributed by atoms with van der Waals surface area (Å²) in [5.41, 5.74) is 1.25. The minimum atomic E-state index is -4.67. The van der Waals surface area contributed by atoms with Crippen LogP contribution in [0.3, 0.4) is 0 Å². The third-order valence-corrected chi connectivity index (χ3v) is 14.0. The van der Waals surface area contributed by atoms with Crippen molar-refractivity contribution in [3.05, 3.63) is 77.2 Å². The third-order valence-electron chi connectivity index (χ3n) is 14.0. The minimum absolute atomic E-state index is 0.0897. The molecule has 57 heavy (non-hydrogen) atoms. The maximum absolute atomic E-state index is 15.4. The fraction of sp³-hybridized carbons (Fsp3) is 0.605. The van der Waals surface area contributed by atoms with E-state index < -0.39 is 47.7 Å². The standard InChI is InChI=1S/C43H53F4N3O7/c1-41-15-12-30-29-10-7-27(51)22-26(29)6-9-31(30)32(41)13-16-42(41,54)14-3-17-49-18-20-50(21-19-49)34-11-8-28(23-33(34)44)55-24-35-39(52)40(53)36(25-56-35)57-38-5-2-4-37(48-38)43(45,46)47/h2,4-5,7-8,10-11,22-23,30-32,35-36,39-40,51-54H,3,6,9,12-21,24-25H2,1H3/t30-,31-,32+,35-,36+,39+,40-,41+,42+/m1/s1. The van der Waals surface area contributed by atoms with Gasteiger partial charge in [0.1, 0.15) is 47.9 Å². The number of aliphatic hydroxyl groups is 3. The zero-order valence-electron chi connectivity index (χ0n) is 32.2. The molecule has 4 N–H and O–H groups in total. The Hall–Kier alpha value is -3.69. The number of anilines is 1. The van der Waals surface area contributed by atoms with Crippen molar-refractivity contribution < 1.29 is 52.2 Å². The van der Waals surface area contributed by atoms with Gasteiger partial charge in [0.2, 0.25) is 5.88 Å². The van der Waals surface area contributed by atoms with Crippen molar-refractivity contribution in [2.75, 3.05) is 50.8 Å². The van der Waals surface area contributed by atoms with Crippen LogP contribution < -0.4 is 14.4 Å². The topological polar surface area (TPSA) is 128 Å². The summed E-state index contributed by atoms with van der Waals surface area (Å²) in [6.07, 6.45) is -1.98. The highest BCUT2D eigenvalue weighted by Crippen LogP contribution is 2.65. The molecule has 2 saturated heterocycles. The average molecular weight is 800 g/mol. The van der Waals surface area contributed by atoms with Crippen LogP contribution in [0.2, 0.25) is 0 Å². The molecule has 0 spiro atoms. The SMILES string of the molecule is C[C@]12CC[C@@H]3c4ccc(O)cc4CC[C@H]3[C@@H]1CC[C@@]2(O)CCCN1CCN(c2ccc(OC[C@H]3OC[C@H](Oc4cccc(C(F)(F)F)n4)[C@@H](O)[C@H]3O)cc2F)CC1. The number of hydrogen-bond acceptors (Lipinski definition) is 10. The van der Waals surface area contributed by atoms with Gasteiger partial charge in [-0.2, -0.15) is 13.2 Å². The molecule has 1 aromatic heterocycles. The number of hydrogen-bond donors (Lipinski definition) is 4. The van der Waals surface area contributed by atoms with E-state index in [1.54, 1.807) is 12.1 Å². The Morgan fingerprint density at radius 1 is 0.965 bits per heavy atom. The van der Waals surface area contributed by atoms with Gasteiger partial charge < -0.3 is 39.5 Å². The van der Waals surface area contributed by atoms with Crippen molar-refractivity contribution in [1.82, 2.24) is 9.88 Å². The first-order chi connectivity index (χ1) is 27.2. The van der Waals surface area contributed by atoms with Crippen molar-refractivity contribution in [2.24, 2.45) is 17.3 Å². The minimum Gasteiger partial charge on any atom is -0.508 e. The first-order valence-corrected chi connectivity index (χ1v) is 20.3. The number of pyridine rings is 1. The van der Waals surface area contributed by atoms with Gasteiger partial charge in [-0.3, -0.25) is 4.90 Å². The predicted molar refractivity (Wildman–Crippen MR) is 203 cm³/mol. The Morgan fingerprint density at radius 3 is 2.54 bits per heavy atom. The van der Waals surface area contributed by atoms with Crippen LogP contribution in [0.1, 0.15) is 74.6 Å². The largest absolute Gasteiger partial charge is 0.508 e. The van der Waals surface area contributed by atoms with E-state index in [1.165, 1.54) is 23.3 Å².